The molecule has 0 aliphatic heterocycles. The third-order valence-corrected chi connectivity index (χ3v) is 4.65. The van der Waals surface area contributed by atoms with E-state index < -0.39 is 52.5 Å². The monoisotopic (exact) mass is 456 g/mol. The highest BCUT2D eigenvalue weighted by molar-refractivity contribution is 6.31. The molecule has 1 aromatic heterocycles. The number of benzene rings is 2. The van der Waals surface area contributed by atoms with Gasteiger partial charge in [-0.15, -0.1) is 0 Å². The third-order valence-electron chi connectivity index (χ3n) is 4.43. The first-order valence-corrected chi connectivity index (χ1v) is 9.04. The van der Waals surface area contributed by atoms with E-state index in [1.807, 2.05) is 0 Å². The Labute approximate surface area is 176 Å². The van der Waals surface area contributed by atoms with Gasteiger partial charge in [0.15, 0.2) is 0 Å². The Hall–Kier alpha value is -3.40. The largest absolute Gasteiger partial charge is 0.477 e. The highest BCUT2D eigenvalue weighted by Gasteiger charge is 2.31. The number of alkyl halides is 3. The van der Waals surface area contributed by atoms with Crippen molar-refractivity contribution in [1.29, 1.82) is 0 Å². The molecule has 0 fully saturated rings. The number of aromatic nitrogens is 1. The summed E-state index contributed by atoms with van der Waals surface area (Å²) in [6.45, 7) is -0.196. The molecule has 0 atom stereocenters. The summed E-state index contributed by atoms with van der Waals surface area (Å²) >= 11 is 6.01. The molecule has 0 spiro atoms. The minimum atomic E-state index is -4.68. The molecule has 3 rings (SSSR count). The van der Waals surface area contributed by atoms with Gasteiger partial charge in [-0.25, -0.2) is 9.18 Å². The van der Waals surface area contributed by atoms with Crippen molar-refractivity contribution in [3.05, 3.63) is 79.8 Å². The van der Waals surface area contributed by atoms with Crippen LogP contribution in [0.15, 0.2) is 41.2 Å². The summed E-state index contributed by atoms with van der Waals surface area (Å²) in [6, 6.07) is 5.76. The number of aromatic amines is 1. The van der Waals surface area contributed by atoms with Gasteiger partial charge in [0.25, 0.3) is 5.56 Å². The number of rotatable bonds is 5. The topological polar surface area (TPSA) is 99.3 Å². The van der Waals surface area contributed by atoms with Crippen molar-refractivity contribution in [2.75, 3.05) is 0 Å². The van der Waals surface area contributed by atoms with Crippen molar-refractivity contribution < 1.29 is 32.3 Å². The van der Waals surface area contributed by atoms with Crippen LogP contribution in [0.1, 0.15) is 27.0 Å². The Morgan fingerprint density at radius 1 is 1.10 bits per heavy atom. The van der Waals surface area contributed by atoms with Crippen molar-refractivity contribution in [3.63, 3.8) is 0 Å². The number of hydrogen-bond donors (Lipinski definition) is 3. The molecule has 0 bridgehead atoms. The minimum Gasteiger partial charge on any atom is -0.477 e. The molecule has 162 valence electrons. The molecule has 3 aromatic rings. The van der Waals surface area contributed by atoms with Crippen molar-refractivity contribution in [3.8, 4) is 0 Å². The summed E-state index contributed by atoms with van der Waals surface area (Å²) in [7, 11) is 0. The van der Waals surface area contributed by atoms with E-state index in [-0.39, 0.29) is 17.1 Å². The van der Waals surface area contributed by atoms with Crippen molar-refractivity contribution in [2.45, 2.75) is 19.1 Å². The maximum atomic E-state index is 13.8. The summed E-state index contributed by atoms with van der Waals surface area (Å²) in [4.78, 5) is 37.7. The normalized spacial score (nSPS) is 11.5. The van der Waals surface area contributed by atoms with Crippen molar-refractivity contribution >= 4 is 34.4 Å². The second kappa shape index (κ2) is 8.38. The summed E-state index contributed by atoms with van der Waals surface area (Å²) in [5, 5.41) is 12.0. The van der Waals surface area contributed by atoms with Crippen LogP contribution in [0.3, 0.4) is 0 Å². The fraction of sp³-hybridized carbons (Fsp3) is 0.150. The predicted molar refractivity (Wildman–Crippen MR) is 103 cm³/mol. The highest BCUT2D eigenvalue weighted by atomic mass is 35.5. The molecule has 0 radical (unpaired) electrons. The van der Waals surface area contributed by atoms with Crippen LogP contribution in [0, 0.1) is 5.82 Å². The average Bonchev–Trinajstić information content (AvgIpc) is 2.66. The van der Waals surface area contributed by atoms with Gasteiger partial charge in [0, 0.05) is 17.0 Å². The van der Waals surface area contributed by atoms with E-state index in [1.165, 1.54) is 12.1 Å². The number of H-pyrrole nitrogens is 1. The zero-order valence-electron chi connectivity index (χ0n) is 15.4. The van der Waals surface area contributed by atoms with Crippen molar-refractivity contribution in [2.24, 2.45) is 0 Å². The lowest BCUT2D eigenvalue weighted by Crippen LogP contribution is -2.26. The van der Waals surface area contributed by atoms with Crippen LogP contribution in [0.2, 0.25) is 5.02 Å². The molecular formula is C20H13ClF4N2O4. The molecule has 0 aliphatic rings. The second-order valence-electron chi connectivity index (χ2n) is 6.60. The number of carbonyl (C=O) groups is 2. The van der Waals surface area contributed by atoms with Crippen LogP contribution >= 0.6 is 11.6 Å². The standard InChI is InChI=1S/C20H13ClF4N2O4/c21-13-4-10-6-14(19(30)31)18(29)27-17(10)11(5-13)8-26-16(28)7-9-3-12(20(23,24)25)1-2-15(9)22/h1-6H,7-8H2,(H,26,28)(H,27,29)(H,30,31). The summed E-state index contributed by atoms with van der Waals surface area (Å²) in [6.07, 6.45) is -5.33. The lowest BCUT2D eigenvalue weighted by atomic mass is 10.1. The quantitative estimate of drug-likeness (QED) is 0.507. The SMILES string of the molecule is O=C(Cc1cc(C(F)(F)F)ccc1F)NCc1cc(Cl)cc2cc(C(=O)O)c(=O)[nH]c12. The number of hydrogen-bond acceptors (Lipinski definition) is 3. The minimum absolute atomic E-state index is 0.196. The average molecular weight is 457 g/mol. The number of amides is 1. The van der Waals surface area contributed by atoms with Crippen LogP contribution < -0.4 is 10.9 Å². The lowest BCUT2D eigenvalue weighted by Gasteiger charge is -2.12. The number of pyridine rings is 1. The molecule has 2 aromatic carbocycles. The summed E-state index contributed by atoms with van der Waals surface area (Å²) in [5.41, 5.74) is -2.31. The number of halogens is 5. The maximum Gasteiger partial charge on any atom is 0.416 e. The first kappa shape index (κ1) is 22.3. The van der Waals surface area contributed by atoms with Gasteiger partial charge in [-0.3, -0.25) is 9.59 Å². The van der Waals surface area contributed by atoms with Crippen LogP contribution in [-0.2, 0) is 23.9 Å². The van der Waals surface area contributed by atoms with Gasteiger partial charge in [-0.05, 0) is 47.5 Å². The Balaban J connectivity index is 1.83. The molecule has 0 unspecified atom stereocenters. The molecule has 1 heterocycles. The predicted octanol–water partition coefficient (Wildman–Crippen LogP) is 3.90. The van der Waals surface area contributed by atoms with Gasteiger partial charge in [-0.2, -0.15) is 13.2 Å². The Kier molecular flexibility index (Phi) is 6.03. The van der Waals surface area contributed by atoms with Crippen LogP contribution in [0.4, 0.5) is 17.6 Å². The molecule has 6 nitrogen and oxygen atoms in total. The Morgan fingerprint density at radius 3 is 2.45 bits per heavy atom. The third kappa shape index (κ3) is 5.02. The van der Waals surface area contributed by atoms with E-state index in [0.29, 0.717) is 29.1 Å². The molecule has 11 heteroatoms. The fourth-order valence-corrected chi connectivity index (χ4v) is 3.22. The number of carboxylic acids is 1. The van der Waals surface area contributed by atoms with E-state index in [4.69, 9.17) is 16.7 Å². The van der Waals surface area contributed by atoms with E-state index in [9.17, 15) is 31.9 Å². The van der Waals surface area contributed by atoms with Gasteiger partial charge in [-0.1, -0.05) is 11.6 Å². The van der Waals surface area contributed by atoms with E-state index in [2.05, 4.69) is 10.3 Å². The number of aromatic carboxylic acids is 1. The smallest absolute Gasteiger partial charge is 0.416 e. The zero-order valence-corrected chi connectivity index (χ0v) is 16.2. The summed E-state index contributed by atoms with van der Waals surface area (Å²) in [5.74, 6) is -3.15. The first-order valence-electron chi connectivity index (χ1n) is 8.67. The van der Waals surface area contributed by atoms with E-state index >= 15 is 0 Å². The molecule has 0 aliphatic carbocycles. The first-order chi connectivity index (χ1) is 14.5. The molecular weight excluding hydrogens is 444 g/mol. The molecule has 31 heavy (non-hydrogen) atoms. The van der Waals surface area contributed by atoms with Gasteiger partial charge in [0.2, 0.25) is 5.91 Å². The maximum absolute atomic E-state index is 13.8. The van der Waals surface area contributed by atoms with Gasteiger partial charge < -0.3 is 15.4 Å². The zero-order chi connectivity index (χ0) is 22.9. The number of carbonyl (C=O) groups excluding carboxylic acids is 1. The number of nitrogens with one attached hydrogen (secondary N) is 2. The molecule has 3 N–H and O–H groups in total. The lowest BCUT2D eigenvalue weighted by molar-refractivity contribution is -0.137. The molecule has 1 amide bonds. The van der Waals surface area contributed by atoms with Crippen LogP contribution in [0.25, 0.3) is 10.9 Å². The molecule has 0 saturated heterocycles. The van der Waals surface area contributed by atoms with Crippen LogP contribution in [0.5, 0.6) is 0 Å². The Morgan fingerprint density at radius 2 is 1.81 bits per heavy atom. The van der Waals surface area contributed by atoms with Gasteiger partial charge in [0.05, 0.1) is 17.5 Å². The van der Waals surface area contributed by atoms with Crippen LogP contribution in [-0.4, -0.2) is 22.0 Å². The number of carboxylic acid groups (broad SMARTS) is 1. The Bertz CT molecular complexity index is 1250. The van der Waals surface area contributed by atoms with E-state index in [1.54, 1.807) is 0 Å². The van der Waals surface area contributed by atoms with Gasteiger partial charge in [0.1, 0.15) is 11.4 Å². The van der Waals surface area contributed by atoms with Crippen molar-refractivity contribution in [1.82, 2.24) is 10.3 Å². The second-order valence-corrected chi connectivity index (χ2v) is 7.04. The number of fused-ring (bicyclic) bond motifs is 1. The van der Waals surface area contributed by atoms with E-state index in [0.717, 1.165) is 6.07 Å². The summed E-state index contributed by atoms with van der Waals surface area (Å²) < 4.78 is 52.2. The highest BCUT2D eigenvalue weighted by Crippen LogP contribution is 2.30. The van der Waals surface area contributed by atoms with Gasteiger partial charge >= 0.3 is 12.1 Å². The molecule has 0 saturated carbocycles. The fourth-order valence-electron chi connectivity index (χ4n) is 2.97.